The van der Waals surface area contributed by atoms with Crippen LogP contribution in [0.4, 0.5) is 34.1 Å². The van der Waals surface area contributed by atoms with Crippen LogP contribution in [-0.2, 0) is 0 Å². The molecule has 0 amide bonds. The van der Waals surface area contributed by atoms with Crippen LogP contribution in [0.25, 0.3) is 55.7 Å². The number of ether oxygens (including phenoxy) is 8. The highest BCUT2D eigenvalue weighted by molar-refractivity contribution is 6.08. The predicted octanol–water partition coefficient (Wildman–Crippen LogP) is 37.7. The molecule has 0 radical (unpaired) electrons. The Hall–Kier alpha value is -11.1. The Morgan fingerprint density at radius 2 is 0.366 bits per heavy atom. The Morgan fingerprint density at radius 3 is 0.514 bits per heavy atom. The number of hydrogen-bond acceptors (Lipinski definition) is 14. The van der Waals surface area contributed by atoms with Crippen molar-refractivity contribution in [3.63, 3.8) is 0 Å². The minimum atomic E-state index is -0.278. The maximum absolute atomic E-state index is 12.8. The summed E-state index contributed by atoms with van der Waals surface area (Å²) in [4.78, 5) is 4.23. The highest BCUT2D eigenvalue weighted by atomic mass is 16.5. The van der Waals surface area contributed by atoms with Crippen LogP contribution in [0.15, 0.2) is 218 Å². The molecule has 0 saturated carbocycles. The second-order valence-electron chi connectivity index (χ2n) is 40.0. The Morgan fingerprint density at radius 1 is 0.204 bits per heavy atom. The third-order valence-corrected chi connectivity index (χ3v) is 29.7. The topological polar surface area (TPSA) is 161 Å². The van der Waals surface area contributed by atoms with Crippen LogP contribution in [0.2, 0.25) is 0 Å². The first-order chi connectivity index (χ1) is 69.4. The third kappa shape index (κ3) is 30.5. The zero-order valence-corrected chi connectivity index (χ0v) is 89.5. The molecule has 14 heteroatoms. The van der Waals surface area contributed by atoms with Gasteiger partial charge in [-0.2, -0.15) is 0 Å². The predicted molar refractivity (Wildman–Crippen MR) is 597 cm³/mol. The van der Waals surface area contributed by atoms with Crippen molar-refractivity contribution in [3.8, 4) is 102 Å². The lowest BCUT2D eigenvalue weighted by atomic mass is 9.83. The van der Waals surface area contributed by atoms with E-state index in [9.17, 15) is 20.4 Å². The van der Waals surface area contributed by atoms with Crippen LogP contribution in [0.3, 0.4) is 0 Å². The second-order valence-corrected chi connectivity index (χ2v) is 40.0. The van der Waals surface area contributed by atoms with E-state index in [1.54, 1.807) is 24.3 Å². The van der Waals surface area contributed by atoms with Crippen molar-refractivity contribution >= 4 is 45.3 Å². The lowest BCUT2D eigenvalue weighted by molar-refractivity contribution is 0.224. The summed E-state index contributed by atoms with van der Waals surface area (Å²) in [6, 6.07) is 69.4. The van der Waals surface area contributed by atoms with E-state index in [2.05, 4.69) is 266 Å². The van der Waals surface area contributed by atoms with E-state index in [0.29, 0.717) is 112 Å². The van der Waals surface area contributed by atoms with E-state index in [4.69, 9.17) is 37.9 Å². The molecule has 10 aromatic carbocycles. The van der Waals surface area contributed by atoms with Crippen molar-refractivity contribution in [2.45, 2.75) is 316 Å². The van der Waals surface area contributed by atoms with Crippen molar-refractivity contribution in [2.75, 3.05) is 62.7 Å². The molecule has 0 aliphatic heterocycles. The molecule has 11 rings (SSSR count). The molecule has 0 spiro atoms. The van der Waals surface area contributed by atoms with Crippen molar-refractivity contribution < 1.29 is 58.3 Å². The Labute approximate surface area is 855 Å². The van der Waals surface area contributed by atoms with Gasteiger partial charge in [0.05, 0.1) is 86.3 Å². The molecule has 14 nitrogen and oxygen atoms in total. The lowest BCUT2D eigenvalue weighted by Crippen LogP contribution is -2.14. The van der Waals surface area contributed by atoms with E-state index >= 15 is 0 Å². The first-order valence-electron chi connectivity index (χ1n) is 55.5. The largest absolute Gasteiger partial charge is 0.507 e. The molecule has 8 atom stereocenters. The zero-order valence-electron chi connectivity index (χ0n) is 89.5. The maximum atomic E-state index is 12.8. The summed E-state index contributed by atoms with van der Waals surface area (Å²) in [6.07, 6.45) is 35.2. The molecule has 0 aromatic heterocycles. The molecule has 8 unspecified atom stereocenters. The minimum Gasteiger partial charge on any atom is -0.507 e. The third-order valence-electron chi connectivity index (χ3n) is 29.7. The normalized spacial score (nSPS) is 13.7. The Bertz CT molecular complexity index is 4690. The number of rotatable bonds is 68. The van der Waals surface area contributed by atoms with Crippen molar-refractivity contribution in [1.82, 2.24) is 0 Å². The molecular formula is C128H174N2O12. The van der Waals surface area contributed by atoms with E-state index in [0.717, 1.165) is 319 Å². The molecule has 4 N–H and O–H groups in total. The maximum Gasteiger partial charge on any atom is 0.139 e. The quantitative estimate of drug-likeness (QED) is 0.0285. The molecule has 1 aliphatic rings. The van der Waals surface area contributed by atoms with Gasteiger partial charge in [0.2, 0.25) is 0 Å². The van der Waals surface area contributed by atoms with E-state index < -0.39 is 0 Å². The van der Waals surface area contributed by atoms with Crippen LogP contribution < -0.4 is 47.7 Å². The Kier molecular flexibility index (Phi) is 46.4. The number of benzene rings is 10. The van der Waals surface area contributed by atoms with Gasteiger partial charge in [-0.15, -0.1) is 0 Å². The number of hydrogen-bond donors (Lipinski definition) is 4. The summed E-state index contributed by atoms with van der Waals surface area (Å²) in [5.74, 6) is 8.60. The van der Waals surface area contributed by atoms with Gasteiger partial charge in [-0.05, 0) is 242 Å². The van der Waals surface area contributed by atoms with Gasteiger partial charge in [-0.1, -0.05) is 338 Å². The van der Waals surface area contributed by atoms with E-state index in [1.165, 1.54) is 0 Å². The van der Waals surface area contributed by atoms with Gasteiger partial charge >= 0.3 is 0 Å². The summed E-state index contributed by atoms with van der Waals surface area (Å²) >= 11 is 0. The number of aliphatic hydroxyl groups is 2. The number of phenolic OH excluding ortho intramolecular Hbond substituents is 2. The fourth-order valence-electron chi connectivity index (χ4n) is 19.7. The smallest absolute Gasteiger partial charge is 0.139 e. The monoisotopic (exact) mass is 1930 g/mol. The number of unbranched alkanes of at least 4 members (excludes halogenated alkanes) is 8. The molecule has 0 fully saturated rings. The first kappa shape index (κ1) is 111. The van der Waals surface area contributed by atoms with Crippen LogP contribution in [0.5, 0.6) is 57.5 Å². The van der Waals surface area contributed by atoms with Crippen LogP contribution >= 0.6 is 0 Å². The summed E-state index contributed by atoms with van der Waals surface area (Å²) in [5.41, 5.74) is 12.3. The van der Waals surface area contributed by atoms with Gasteiger partial charge in [0, 0.05) is 57.4 Å². The molecule has 1 aliphatic carbocycles. The number of aliphatic hydroxyl groups excluding tert-OH is 2. The molecule has 0 heterocycles. The number of phenols is 2. The number of allylic oxidation sites excluding steroid dienone is 2. The summed E-state index contributed by atoms with van der Waals surface area (Å²) in [5, 5.41) is 50.7. The highest BCUT2D eigenvalue weighted by Crippen LogP contribution is 2.54. The summed E-state index contributed by atoms with van der Waals surface area (Å²) in [7, 11) is 0. The molecule has 0 bridgehead atoms. The average Bonchev–Trinajstić information content (AvgIpc) is 0.731. The molecule has 768 valence electrons. The molecule has 142 heavy (non-hydrogen) atoms. The van der Waals surface area contributed by atoms with Crippen molar-refractivity contribution in [1.29, 1.82) is 0 Å². The van der Waals surface area contributed by atoms with Gasteiger partial charge < -0.3 is 68.1 Å². The zero-order chi connectivity index (χ0) is 101. The fourth-order valence-corrected chi connectivity index (χ4v) is 19.7. The average molecular weight is 1930 g/mol. The van der Waals surface area contributed by atoms with Crippen LogP contribution in [-0.4, -0.2) is 73.3 Å². The standard InChI is InChI=1S/C128H174N2O12/c1-17-33-45-91(25-9)83-135-113-53-41-54-114(136-84-92(26-10)46-34-18-2)121(113)99-61-69-103(70-62-99)129(104-71-63-100(64-72-104)122-115(137-85-93(27-11)47-35-19-3)55-42-56-116(122)138-86-94(28-12)48-36-20-4)107-77-79-109(111(131)81-107)125-127(133)126(128(125)134)110-80-78-108(82-112(110)132)130(105-73-65-101(66-74-105)123-117(139-87-95(29-13)49-37-21-5)57-43-58-118(123)140-88-96(30-14)50-38-22-6)106-75-67-102(68-76-106)124-119(141-89-97(31-15)51-39-23-7)59-44-60-120(124)142-90-98(32-16)52-40-24-8/h41-44,53-82,91-98,131-134H,17-40,45-52,83-90H2,1-16H3. The lowest BCUT2D eigenvalue weighted by Gasteiger charge is -2.29. The fraction of sp³-hybridized carbons (Fsp3) is 0.500. The van der Waals surface area contributed by atoms with Gasteiger partial charge in [0.15, 0.2) is 0 Å². The van der Waals surface area contributed by atoms with E-state index in [-0.39, 0.29) is 45.3 Å². The van der Waals surface area contributed by atoms with Crippen LogP contribution in [0, 0.1) is 47.3 Å². The molecule has 0 saturated heterocycles. The summed E-state index contributed by atoms with van der Waals surface area (Å²) in [6.45, 7) is 40.8. The summed E-state index contributed by atoms with van der Waals surface area (Å²) < 4.78 is 55.3. The number of nitrogens with zero attached hydrogens (tertiary/aromatic N) is 2. The van der Waals surface area contributed by atoms with Crippen molar-refractivity contribution in [2.24, 2.45) is 47.3 Å². The van der Waals surface area contributed by atoms with Gasteiger partial charge in [0.25, 0.3) is 0 Å². The SMILES string of the molecule is CCCCC(CC)COc1cccc(OCC(CC)CCCC)c1-c1ccc(N(c2ccc(-c3c(OCC(CC)CCCC)cccc3OCC(CC)CCCC)cc2)c2ccc(C3=C(O)C(c4ccc(N(c5ccc(-c6c(OCC(CC)CCCC)cccc6OCC(CC)CCCC)cc5)c5ccc(-c6c(OCC(CC)CCCC)cccc6OCC(CC)CCCC)cc5)cc4O)=C3O)c(O)c2)cc1. The molecule has 10 aromatic rings. The molecular weight excluding hydrogens is 1760 g/mol. The van der Waals surface area contributed by atoms with E-state index in [1.807, 2.05) is 36.4 Å². The van der Waals surface area contributed by atoms with Crippen LogP contribution in [0.1, 0.15) is 327 Å². The van der Waals surface area contributed by atoms with Crippen molar-refractivity contribution in [3.05, 3.63) is 229 Å². The second kappa shape index (κ2) is 59.2. The first-order valence-corrected chi connectivity index (χ1v) is 55.5. The number of anilines is 6. The highest BCUT2D eigenvalue weighted by Gasteiger charge is 2.36. The number of aromatic hydroxyl groups is 2. The van der Waals surface area contributed by atoms with Gasteiger partial charge in [-0.25, -0.2) is 0 Å². The Balaban J connectivity index is 1.000. The van der Waals surface area contributed by atoms with Gasteiger partial charge in [0.1, 0.15) is 69.0 Å². The van der Waals surface area contributed by atoms with Gasteiger partial charge in [-0.3, -0.25) is 0 Å². The minimum absolute atomic E-state index is 0.0487.